The summed E-state index contributed by atoms with van der Waals surface area (Å²) in [5, 5.41) is 2.93. The summed E-state index contributed by atoms with van der Waals surface area (Å²) in [4.78, 5) is 26.0. The van der Waals surface area contributed by atoms with Crippen molar-refractivity contribution in [3.05, 3.63) is 23.8 Å². The van der Waals surface area contributed by atoms with Gasteiger partial charge in [0.05, 0.1) is 12.8 Å². The summed E-state index contributed by atoms with van der Waals surface area (Å²) in [7, 11) is 1.50. The molecule has 1 unspecified atom stereocenters. The van der Waals surface area contributed by atoms with Crippen LogP contribution in [0.4, 0.5) is 10.5 Å². The molecule has 7 heteroatoms. The topological polar surface area (TPSA) is 93.9 Å². The standard InChI is InChI=1S/C17H25N3O4/c1-17(2,3)24-16(22)20-8-7-12(10-20)19-15(21)11-5-6-13(18)14(9-11)23-4/h5-6,9,12H,7-8,10,18H2,1-4H3,(H,19,21). The molecule has 1 atom stereocenters. The van der Waals surface area contributed by atoms with Gasteiger partial charge < -0.3 is 25.4 Å². The van der Waals surface area contributed by atoms with E-state index in [1.54, 1.807) is 23.1 Å². The monoisotopic (exact) mass is 335 g/mol. The molecule has 1 fully saturated rings. The van der Waals surface area contributed by atoms with Crippen molar-refractivity contribution in [3.63, 3.8) is 0 Å². The smallest absolute Gasteiger partial charge is 0.410 e. The predicted octanol–water partition coefficient (Wildman–Crippen LogP) is 2.02. The SMILES string of the molecule is COc1cc(C(=O)NC2CCN(C(=O)OC(C)(C)C)C2)ccc1N. The van der Waals surface area contributed by atoms with Gasteiger partial charge in [-0.25, -0.2) is 4.79 Å². The molecule has 1 aliphatic rings. The number of nitrogens with two attached hydrogens (primary N) is 1. The summed E-state index contributed by atoms with van der Waals surface area (Å²) in [6.07, 6.45) is 0.338. The van der Waals surface area contributed by atoms with Crippen molar-refractivity contribution < 1.29 is 19.1 Å². The maximum atomic E-state index is 12.3. The van der Waals surface area contributed by atoms with E-state index < -0.39 is 5.60 Å². The lowest BCUT2D eigenvalue weighted by Gasteiger charge is -2.24. The van der Waals surface area contributed by atoms with Crippen LogP contribution in [0.25, 0.3) is 0 Å². The van der Waals surface area contributed by atoms with Crippen molar-refractivity contribution >= 4 is 17.7 Å². The minimum absolute atomic E-state index is 0.103. The van der Waals surface area contributed by atoms with Gasteiger partial charge in [-0.15, -0.1) is 0 Å². The summed E-state index contributed by atoms with van der Waals surface area (Å²) < 4.78 is 10.5. The van der Waals surface area contributed by atoms with Crippen LogP contribution in [0.3, 0.4) is 0 Å². The summed E-state index contributed by atoms with van der Waals surface area (Å²) >= 11 is 0. The molecular weight excluding hydrogens is 310 g/mol. The van der Waals surface area contributed by atoms with Gasteiger partial charge in [-0.05, 0) is 45.4 Å². The molecule has 0 aromatic heterocycles. The van der Waals surface area contributed by atoms with E-state index in [0.29, 0.717) is 36.5 Å². The van der Waals surface area contributed by atoms with Gasteiger partial charge >= 0.3 is 6.09 Å². The Morgan fingerprint density at radius 2 is 2.04 bits per heavy atom. The quantitative estimate of drug-likeness (QED) is 0.824. The predicted molar refractivity (Wildman–Crippen MR) is 91.1 cm³/mol. The van der Waals surface area contributed by atoms with Crippen LogP contribution in [0.1, 0.15) is 37.6 Å². The van der Waals surface area contributed by atoms with Crippen LogP contribution >= 0.6 is 0 Å². The molecule has 1 aromatic carbocycles. The Morgan fingerprint density at radius 3 is 2.67 bits per heavy atom. The van der Waals surface area contributed by atoms with Crippen molar-refractivity contribution in [3.8, 4) is 5.75 Å². The van der Waals surface area contributed by atoms with Crippen LogP contribution in [-0.2, 0) is 4.74 Å². The molecule has 24 heavy (non-hydrogen) atoms. The van der Waals surface area contributed by atoms with Gasteiger partial charge in [0.25, 0.3) is 5.91 Å². The van der Waals surface area contributed by atoms with E-state index in [9.17, 15) is 9.59 Å². The average molecular weight is 335 g/mol. The van der Waals surface area contributed by atoms with Crippen molar-refractivity contribution in [2.24, 2.45) is 0 Å². The number of nitrogens with zero attached hydrogens (tertiary/aromatic N) is 1. The lowest BCUT2D eigenvalue weighted by molar-refractivity contribution is 0.0290. The highest BCUT2D eigenvalue weighted by molar-refractivity contribution is 5.95. The van der Waals surface area contributed by atoms with Crippen LogP contribution in [0.5, 0.6) is 5.75 Å². The number of anilines is 1. The van der Waals surface area contributed by atoms with Crippen LogP contribution < -0.4 is 15.8 Å². The summed E-state index contributed by atoms with van der Waals surface area (Å²) in [5.41, 5.74) is 6.17. The molecule has 7 nitrogen and oxygen atoms in total. The highest BCUT2D eigenvalue weighted by Crippen LogP contribution is 2.22. The number of amides is 2. The molecule has 0 saturated carbocycles. The van der Waals surface area contributed by atoms with Crippen molar-refractivity contribution in [2.75, 3.05) is 25.9 Å². The fourth-order valence-electron chi connectivity index (χ4n) is 2.49. The number of carbonyl (C=O) groups is 2. The molecule has 1 heterocycles. The van der Waals surface area contributed by atoms with Crippen LogP contribution in [-0.4, -0.2) is 48.7 Å². The minimum Gasteiger partial charge on any atom is -0.495 e. The largest absolute Gasteiger partial charge is 0.495 e. The summed E-state index contributed by atoms with van der Waals surface area (Å²) in [6, 6.07) is 4.78. The van der Waals surface area contributed by atoms with Gasteiger partial charge in [-0.1, -0.05) is 0 Å². The third-order valence-electron chi connectivity index (χ3n) is 3.67. The molecule has 2 amide bonds. The van der Waals surface area contributed by atoms with E-state index in [1.165, 1.54) is 7.11 Å². The second kappa shape index (κ2) is 6.98. The Labute approximate surface area is 142 Å². The number of rotatable bonds is 3. The number of nitrogens with one attached hydrogen (secondary N) is 1. The van der Waals surface area contributed by atoms with Gasteiger partial charge in [0, 0.05) is 24.7 Å². The number of likely N-dealkylation sites (tertiary alicyclic amines) is 1. The second-order valence-corrected chi connectivity index (χ2v) is 6.84. The number of hydrogen-bond acceptors (Lipinski definition) is 5. The lowest BCUT2D eigenvalue weighted by atomic mass is 10.1. The third-order valence-corrected chi connectivity index (χ3v) is 3.67. The summed E-state index contributed by atoms with van der Waals surface area (Å²) in [6.45, 7) is 6.48. The second-order valence-electron chi connectivity index (χ2n) is 6.84. The van der Waals surface area contributed by atoms with E-state index in [1.807, 2.05) is 20.8 Å². The van der Waals surface area contributed by atoms with Gasteiger partial charge in [0.15, 0.2) is 0 Å². The lowest BCUT2D eigenvalue weighted by Crippen LogP contribution is -2.40. The molecular formula is C17H25N3O4. The zero-order chi connectivity index (χ0) is 17.9. The first-order valence-corrected chi connectivity index (χ1v) is 7.92. The van der Waals surface area contributed by atoms with E-state index in [4.69, 9.17) is 15.2 Å². The Hall–Kier alpha value is -2.44. The van der Waals surface area contributed by atoms with Crippen molar-refractivity contribution in [1.82, 2.24) is 10.2 Å². The van der Waals surface area contributed by atoms with Gasteiger partial charge in [0.1, 0.15) is 11.4 Å². The highest BCUT2D eigenvalue weighted by atomic mass is 16.6. The first-order valence-electron chi connectivity index (χ1n) is 7.92. The number of carbonyl (C=O) groups excluding carboxylic acids is 2. The number of hydrogen-bond donors (Lipinski definition) is 2. The first-order chi connectivity index (χ1) is 11.2. The Bertz CT molecular complexity index is 625. The van der Waals surface area contributed by atoms with Gasteiger partial charge in [0.2, 0.25) is 0 Å². The Balaban J connectivity index is 1.93. The molecule has 132 valence electrons. The number of methoxy groups -OCH3 is 1. The van der Waals surface area contributed by atoms with E-state index >= 15 is 0 Å². The van der Waals surface area contributed by atoms with Crippen molar-refractivity contribution in [1.29, 1.82) is 0 Å². The van der Waals surface area contributed by atoms with E-state index in [2.05, 4.69) is 5.32 Å². The van der Waals surface area contributed by atoms with Gasteiger partial charge in [-0.3, -0.25) is 4.79 Å². The Morgan fingerprint density at radius 1 is 1.33 bits per heavy atom. The third kappa shape index (κ3) is 4.53. The summed E-state index contributed by atoms with van der Waals surface area (Å²) in [5.74, 6) is 0.244. The number of ether oxygens (including phenoxy) is 2. The maximum Gasteiger partial charge on any atom is 0.410 e. The molecule has 1 aromatic rings. The van der Waals surface area contributed by atoms with Gasteiger partial charge in [-0.2, -0.15) is 0 Å². The van der Waals surface area contributed by atoms with Crippen LogP contribution in [0.15, 0.2) is 18.2 Å². The molecule has 0 bridgehead atoms. The van der Waals surface area contributed by atoms with Crippen LogP contribution in [0, 0.1) is 0 Å². The fraction of sp³-hybridized carbons (Fsp3) is 0.529. The number of nitrogen functional groups attached to an aromatic ring is 1. The normalized spacial score (nSPS) is 17.5. The first kappa shape index (κ1) is 17.9. The average Bonchev–Trinajstić information content (AvgIpc) is 2.94. The molecule has 1 aliphatic heterocycles. The maximum absolute atomic E-state index is 12.3. The minimum atomic E-state index is -0.529. The number of benzene rings is 1. The van der Waals surface area contributed by atoms with Crippen molar-refractivity contribution in [2.45, 2.75) is 38.8 Å². The highest BCUT2D eigenvalue weighted by Gasteiger charge is 2.30. The molecule has 0 radical (unpaired) electrons. The fourth-order valence-corrected chi connectivity index (χ4v) is 2.49. The zero-order valence-corrected chi connectivity index (χ0v) is 14.6. The zero-order valence-electron chi connectivity index (χ0n) is 14.6. The molecule has 0 spiro atoms. The van der Waals surface area contributed by atoms with Crippen LogP contribution in [0.2, 0.25) is 0 Å². The van der Waals surface area contributed by atoms with E-state index in [-0.39, 0.29) is 18.0 Å². The Kier molecular flexibility index (Phi) is 5.21. The molecule has 3 N–H and O–H groups in total. The van der Waals surface area contributed by atoms with E-state index in [0.717, 1.165) is 0 Å². The molecule has 0 aliphatic carbocycles. The molecule has 1 saturated heterocycles. The molecule has 2 rings (SSSR count).